The maximum Gasteiger partial charge on any atom is 0.385 e. The van der Waals surface area contributed by atoms with E-state index in [-0.39, 0.29) is 12.4 Å². The molecule has 16 heavy (non-hydrogen) atoms. The van der Waals surface area contributed by atoms with Crippen LogP contribution in [0.3, 0.4) is 0 Å². The highest BCUT2D eigenvalue weighted by atomic mass is 35.5. The molecule has 0 aliphatic carbocycles. The monoisotopic (exact) mass is 239 g/mol. The van der Waals surface area contributed by atoms with Crippen LogP contribution < -0.4 is 17.3 Å². The second-order valence-corrected chi connectivity index (χ2v) is 3.60. The summed E-state index contributed by atoms with van der Waals surface area (Å²) in [5, 5.41) is 8.59. The topological polar surface area (TPSA) is 31.4 Å². The van der Waals surface area contributed by atoms with E-state index >= 15 is 0 Å². The van der Waals surface area contributed by atoms with E-state index in [1.54, 1.807) is 0 Å². The van der Waals surface area contributed by atoms with Crippen LogP contribution in [0.15, 0.2) is 24.3 Å². The van der Waals surface area contributed by atoms with Gasteiger partial charge in [0.2, 0.25) is 5.39 Å². The zero-order valence-electron chi connectivity index (χ0n) is 9.86. The molecule has 1 aromatic rings. The van der Waals surface area contributed by atoms with Crippen LogP contribution in [0, 0.1) is 5.39 Å². The average molecular weight is 240 g/mol. The number of benzene rings is 1. The van der Waals surface area contributed by atoms with Crippen molar-refractivity contribution < 1.29 is 12.4 Å². The molecule has 88 valence electrons. The summed E-state index contributed by atoms with van der Waals surface area (Å²) in [4.78, 5) is 5.49. The highest BCUT2D eigenvalue weighted by molar-refractivity contribution is 5.55. The first-order valence-corrected chi connectivity index (χ1v) is 5.52. The predicted molar refractivity (Wildman–Crippen MR) is 64.0 cm³/mol. The minimum Gasteiger partial charge on any atom is -1.00 e. The molecule has 1 rings (SSSR count). The Hall–Kier alpha value is -1.27. The van der Waals surface area contributed by atoms with E-state index in [9.17, 15) is 0 Å². The van der Waals surface area contributed by atoms with Crippen LogP contribution in [0.1, 0.15) is 26.7 Å². The molecule has 0 amide bonds. The van der Waals surface area contributed by atoms with Gasteiger partial charge < -0.3 is 17.3 Å². The number of rotatable bonds is 5. The van der Waals surface area contributed by atoms with E-state index in [0.29, 0.717) is 5.69 Å². The van der Waals surface area contributed by atoms with E-state index in [4.69, 9.17) is 5.39 Å². The molecule has 0 N–H and O–H groups in total. The fourth-order valence-corrected chi connectivity index (χ4v) is 1.64. The first-order chi connectivity index (χ1) is 7.31. The van der Waals surface area contributed by atoms with Gasteiger partial charge in [0.25, 0.3) is 0 Å². The van der Waals surface area contributed by atoms with Crippen molar-refractivity contribution in [2.45, 2.75) is 26.7 Å². The molecule has 0 heterocycles. The van der Waals surface area contributed by atoms with Gasteiger partial charge in [-0.2, -0.15) is 0 Å². The van der Waals surface area contributed by atoms with Crippen molar-refractivity contribution in [3.63, 3.8) is 0 Å². The SMILES string of the molecule is CCCN(CCC)c1ccc([N+]#N)cc1.[Cl-]. The predicted octanol–water partition coefficient (Wildman–Crippen LogP) is 0.802. The van der Waals surface area contributed by atoms with Gasteiger partial charge in [0.1, 0.15) is 0 Å². The van der Waals surface area contributed by atoms with Crippen LogP contribution in [-0.4, -0.2) is 13.1 Å². The third-order valence-electron chi connectivity index (χ3n) is 2.32. The smallest absolute Gasteiger partial charge is 0.385 e. The molecular weight excluding hydrogens is 222 g/mol. The van der Waals surface area contributed by atoms with Crippen LogP contribution >= 0.6 is 0 Å². The van der Waals surface area contributed by atoms with Crippen LogP contribution in [-0.2, 0) is 0 Å². The highest BCUT2D eigenvalue weighted by Crippen LogP contribution is 2.20. The summed E-state index contributed by atoms with van der Waals surface area (Å²) in [6.07, 6.45) is 2.29. The molecule has 0 atom stereocenters. The average Bonchev–Trinajstić information content (AvgIpc) is 2.29. The molecular formula is C12H18ClN3. The van der Waals surface area contributed by atoms with Gasteiger partial charge in [0, 0.05) is 30.9 Å². The van der Waals surface area contributed by atoms with E-state index < -0.39 is 0 Å². The number of halogens is 1. The summed E-state index contributed by atoms with van der Waals surface area (Å²) in [5.41, 5.74) is 1.80. The van der Waals surface area contributed by atoms with Crippen LogP contribution in [0.4, 0.5) is 11.4 Å². The molecule has 0 aliphatic rings. The first-order valence-electron chi connectivity index (χ1n) is 5.52. The number of hydrogen-bond acceptors (Lipinski definition) is 2. The van der Waals surface area contributed by atoms with Gasteiger partial charge in [-0.1, -0.05) is 13.8 Å². The van der Waals surface area contributed by atoms with Crippen molar-refractivity contribution in [2.24, 2.45) is 0 Å². The van der Waals surface area contributed by atoms with Gasteiger partial charge in [-0.25, -0.2) is 0 Å². The third-order valence-corrected chi connectivity index (χ3v) is 2.32. The summed E-state index contributed by atoms with van der Waals surface area (Å²) in [7, 11) is 0. The Balaban J connectivity index is 0.00000225. The Morgan fingerprint density at radius 3 is 1.94 bits per heavy atom. The maximum absolute atomic E-state index is 8.59. The summed E-state index contributed by atoms with van der Waals surface area (Å²) in [5.74, 6) is 0. The second kappa shape index (κ2) is 7.95. The first kappa shape index (κ1) is 14.7. The minimum atomic E-state index is 0. The molecule has 0 bridgehead atoms. The molecule has 1 aromatic carbocycles. The van der Waals surface area contributed by atoms with Crippen LogP contribution in [0.5, 0.6) is 0 Å². The lowest BCUT2D eigenvalue weighted by Crippen LogP contribution is -3.00. The summed E-state index contributed by atoms with van der Waals surface area (Å²) < 4.78 is 0. The Morgan fingerprint density at radius 2 is 1.56 bits per heavy atom. The largest absolute Gasteiger partial charge is 1.00 e. The number of hydrogen-bond donors (Lipinski definition) is 0. The van der Waals surface area contributed by atoms with Crippen molar-refractivity contribution in [3.8, 4) is 0 Å². The fourth-order valence-electron chi connectivity index (χ4n) is 1.64. The molecule has 0 saturated carbocycles. The summed E-state index contributed by atoms with van der Waals surface area (Å²) >= 11 is 0. The lowest BCUT2D eigenvalue weighted by Gasteiger charge is -2.23. The van der Waals surface area contributed by atoms with Crippen molar-refractivity contribution in [2.75, 3.05) is 18.0 Å². The number of nitrogens with zero attached hydrogens (tertiary/aromatic N) is 3. The van der Waals surface area contributed by atoms with Crippen LogP contribution in [0.25, 0.3) is 4.98 Å². The molecule has 3 nitrogen and oxygen atoms in total. The molecule has 0 fully saturated rings. The van der Waals surface area contributed by atoms with E-state index in [1.165, 1.54) is 5.69 Å². The Kier molecular flexibility index (Phi) is 7.32. The zero-order valence-corrected chi connectivity index (χ0v) is 10.6. The second-order valence-electron chi connectivity index (χ2n) is 3.60. The van der Waals surface area contributed by atoms with Gasteiger partial charge >= 0.3 is 5.69 Å². The molecule has 0 spiro atoms. The molecule has 0 radical (unpaired) electrons. The maximum atomic E-state index is 8.59. The summed E-state index contributed by atoms with van der Waals surface area (Å²) in [6, 6.07) is 7.65. The Morgan fingerprint density at radius 1 is 1.06 bits per heavy atom. The van der Waals surface area contributed by atoms with E-state index in [1.807, 2.05) is 24.3 Å². The molecule has 0 unspecified atom stereocenters. The molecule has 0 saturated heterocycles. The molecule has 0 aromatic heterocycles. The molecule has 4 heteroatoms. The van der Waals surface area contributed by atoms with Gasteiger partial charge in [-0.15, -0.1) is 0 Å². The van der Waals surface area contributed by atoms with Crippen molar-refractivity contribution in [1.29, 1.82) is 5.39 Å². The standard InChI is InChI=1S/C12H18N3.ClH/c1-3-9-15(10-4-2)12-7-5-11(14-13)6-8-12;/h5-8H,3-4,9-10H2,1-2H3;1H/q+1;/p-1. The Labute approximate surface area is 103 Å². The van der Waals surface area contributed by atoms with E-state index in [0.717, 1.165) is 25.9 Å². The fraction of sp³-hybridized carbons (Fsp3) is 0.500. The van der Waals surface area contributed by atoms with Gasteiger partial charge in [0.05, 0.1) is 0 Å². The molecule has 0 aliphatic heterocycles. The van der Waals surface area contributed by atoms with Crippen LogP contribution in [0.2, 0.25) is 0 Å². The number of anilines is 1. The lowest BCUT2D eigenvalue weighted by atomic mass is 10.2. The van der Waals surface area contributed by atoms with Crippen molar-refractivity contribution in [1.82, 2.24) is 0 Å². The summed E-state index contributed by atoms with van der Waals surface area (Å²) in [6.45, 7) is 6.51. The van der Waals surface area contributed by atoms with Gasteiger partial charge in [0.15, 0.2) is 4.98 Å². The minimum absolute atomic E-state index is 0. The Bertz CT molecular complexity index is 323. The third kappa shape index (κ3) is 4.08. The van der Waals surface area contributed by atoms with Crippen molar-refractivity contribution in [3.05, 3.63) is 29.2 Å². The number of diazo groups is 1. The lowest BCUT2D eigenvalue weighted by molar-refractivity contribution is -0.00000343. The normalized spacial score (nSPS) is 9.06. The quantitative estimate of drug-likeness (QED) is 0.712. The van der Waals surface area contributed by atoms with Gasteiger partial charge in [-0.3, -0.25) is 0 Å². The van der Waals surface area contributed by atoms with E-state index in [2.05, 4.69) is 23.7 Å². The highest BCUT2D eigenvalue weighted by Gasteiger charge is 2.07. The van der Waals surface area contributed by atoms with Crippen molar-refractivity contribution >= 4 is 11.4 Å². The zero-order chi connectivity index (χ0) is 11.1. The van der Waals surface area contributed by atoms with Gasteiger partial charge in [-0.05, 0) is 25.0 Å².